The zero-order chi connectivity index (χ0) is 28.0. The van der Waals surface area contributed by atoms with E-state index in [1.165, 1.54) is 9.21 Å². The lowest BCUT2D eigenvalue weighted by atomic mass is 10.0. The molecule has 0 bridgehead atoms. The molecule has 1 fully saturated rings. The van der Waals surface area contributed by atoms with Crippen molar-refractivity contribution in [2.75, 3.05) is 45.2 Å². The van der Waals surface area contributed by atoms with Gasteiger partial charge in [-0.15, -0.1) is 0 Å². The van der Waals surface area contributed by atoms with Gasteiger partial charge < -0.3 is 9.64 Å². The average molecular weight is 550 g/mol. The van der Waals surface area contributed by atoms with E-state index in [2.05, 4.69) is 9.64 Å². The predicted molar refractivity (Wildman–Crippen MR) is 147 cm³/mol. The third-order valence-corrected chi connectivity index (χ3v) is 8.60. The number of rotatable bonds is 8. The Labute approximate surface area is 228 Å². The molecule has 9 nitrogen and oxygen atoms in total. The molecule has 0 aromatic heterocycles. The quantitative estimate of drug-likeness (QED) is 0.241. The SMILES string of the molecule is COC(=O)C(=O)N(c1ccccc1)c1ccccc1C(=O)CCc1ccc(S(=O)(=O)N2CCN(C)CC2)cc1. The summed E-state index contributed by atoms with van der Waals surface area (Å²) in [4.78, 5) is 42.0. The molecule has 0 atom stereocenters. The van der Waals surface area contributed by atoms with Gasteiger partial charge in [0.15, 0.2) is 5.78 Å². The molecular weight excluding hydrogens is 518 g/mol. The lowest BCUT2D eigenvalue weighted by Crippen LogP contribution is -2.46. The van der Waals surface area contributed by atoms with Gasteiger partial charge in [-0.25, -0.2) is 13.2 Å². The molecule has 1 amide bonds. The summed E-state index contributed by atoms with van der Waals surface area (Å²) in [6.07, 6.45) is 0.495. The van der Waals surface area contributed by atoms with Gasteiger partial charge in [0.05, 0.1) is 17.7 Å². The van der Waals surface area contributed by atoms with Crippen LogP contribution in [0.5, 0.6) is 0 Å². The lowest BCUT2D eigenvalue weighted by Gasteiger charge is -2.31. The average Bonchev–Trinajstić information content (AvgIpc) is 2.97. The summed E-state index contributed by atoms with van der Waals surface area (Å²) in [5, 5.41) is 0. The van der Waals surface area contributed by atoms with Crippen LogP contribution in [0.25, 0.3) is 0 Å². The van der Waals surface area contributed by atoms with Gasteiger partial charge in [-0.05, 0) is 55.4 Å². The monoisotopic (exact) mass is 549 g/mol. The molecule has 4 rings (SSSR count). The molecule has 0 aliphatic carbocycles. The number of sulfonamides is 1. The van der Waals surface area contributed by atoms with E-state index in [9.17, 15) is 22.8 Å². The molecular formula is C29H31N3O6S. The fourth-order valence-corrected chi connectivity index (χ4v) is 5.85. The number of aryl methyl sites for hydroxylation is 1. The molecule has 0 unspecified atom stereocenters. The van der Waals surface area contributed by atoms with E-state index in [1.54, 1.807) is 78.9 Å². The molecule has 1 aliphatic rings. The number of esters is 1. The van der Waals surface area contributed by atoms with Gasteiger partial charge >= 0.3 is 11.9 Å². The van der Waals surface area contributed by atoms with Crippen molar-refractivity contribution < 1.29 is 27.5 Å². The number of methoxy groups -OCH3 is 1. The van der Waals surface area contributed by atoms with Crippen LogP contribution in [-0.2, 0) is 30.8 Å². The predicted octanol–water partition coefficient (Wildman–Crippen LogP) is 3.28. The number of Topliss-reactive ketones (excluding diaryl/α,β-unsaturated/α-hetero) is 1. The summed E-state index contributed by atoms with van der Waals surface area (Å²) in [7, 11) is -0.477. The standard InChI is InChI=1S/C29H31N3O6S/c1-30-18-20-31(21-19-30)39(36,37)24-15-12-22(13-16-24)14-17-27(33)25-10-6-7-11-26(25)32(28(34)29(35)38-2)23-8-4-3-5-9-23/h3-13,15-16H,14,17-21H2,1-2H3. The molecule has 3 aromatic carbocycles. The minimum atomic E-state index is -3.57. The molecule has 1 aliphatic heterocycles. The van der Waals surface area contributed by atoms with Gasteiger partial charge in [0.25, 0.3) is 0 Å². The summed E-state index contributed by atoms with van der Waals surface area (Å²) < 4.78 is 32.1. The van der Waals surface area contributed by atoms with E-state index in [1.807, 2.05) is 7.05 Å². The van der Waals surface area contributed by atoms with Crippen LogP contribution in [0.3, 0.4) is 0 Å². The number of anilines is 2. The first-order valence-corrected chi connectivity index (χ1v) is 14.0. The molecule has 10 heteroatoms. The Morgan fingerprint density at radius 1 is 0.846 bits per heavy atom. The summed E-state index contributed by atoms with van der Waals surface area (Å²) >= 11 is 0. The Hall–Kier alpha value is -3.86. The maximum absolute atomic E-state index is 13.3. The Morgan fingerprint density at radius 2 is 1.46 bits per heavy atom. The van der Waals surface area contributed by atoms with Crippen LogP contribution in [0.1, 0.15) is 22.3 Å². The highest BCUT2D eigenvalue weighted by Crippen LogP contribution is 2.30. The van der Waals surface area contributed by atoms with Crippen LogP contribution >= 0.6 is 0 Å². The van der Waals surface area contributed by atoms with Crippen LogP contribution < -0.4 is 4.90 Å². The molecule has 0 spiro atoms. The number of ether oxygens (including phenoxy) is 1. The second-order valence-electron chi connectivity index (χ2n) is 9.26. The Balaban J connectivity index is 1.51. The molecule has 204 valence electrons. The molecule has 1 saturated heterocycles. The maximum Gasteiger partial charge on any atom is 0.397 e. The third-order valence-electron chi connectivity index (χ3n) is 6.69. The molecule has 0 saturated carbocycles. The molecule has 3 aromatic rings. The first kappa shape index (κ1) is 28.2. The zero-order valence-electron chi connectivity index (χ0n) is 21.9. The molecule has 1 heterocycles. The smallest absolute Gasteiger partial charge is 0.397 e. The van der Waals surface area contributed by atoms with Gasteiger partial charge in [-0.1, -0.05) is 42.5 Å². The number of carbonyl (C=O) groups excluding carboxylic acids is 3. The highest BCUT2D eigenvalue weighted by atomic mass is 32.2. The van der Waals surface area contributed by atoms with Crippen molar-refractivity contribution >= 4 is 39.1 Å². The first-order valence-electron chi connectivity index (χ1n) is 12.6. The van der Waals surface area contributed by atoms with Gasteiger partial charge in [0, 0.05) is 43.9 Å². The molecule has 0 radical (unpaired) electrons. The van der Waals surface area contributed by atoms with Crippen LogP contribution in [0.15, 0.2) is 83.8 Å². The molecule has 0 N–H and O–H groups in total. The Morgan fingerprint density at radius 3 is 2.10 bits per heavy atom. The van der Waals surface area contributed by atoms with Crippen molar-refractivity contribution in [1.82, 2.24) is 9.21 Å². The number of carbonyl (C=O) groups is 3. The van der Waals surface area contributed by atoms with Crippen molar-refractivity contribution in [2.24, 2.45) is 0 Å². The number of hydrogen-bond acceptors (Lipinski definition) is 7. The van der Waals surface area contributed by atoms with E-state index >= 15 is 0 Å². The number of para-hydroxylation sites is 2. The lowest BCUT2D eigenvalue weighted by molar-refractivity contribution is -0.151. The number of nitrogens with zero attached hydrogens (tertiary/aromatic N) is 3. The first-order chi connectivity index (χ1) is 18.7. The van der Waals surface area contributed by atoms with Crippen LogP contribution in [0.4, 0.5) is 11.4 Å². The number of likely N-dealkylation sites (N-methyl/N-ethyl adjacent to an activating group) is 1. The van der Waals surface area contributed by atoms with Crippen LogP contribution in [0, 0.1) is 0 Å². The van der Waals surface area contributed by atoms with E-state index in [0.717, 1.165) is 12.7 Å². The van der Waals surface area contributed by atoms with E-state index < -0.39 is 21.9 Å². The highest BCUT2D eigenvalue weighted by Gasteiger charge is 2.29. The number of piperazine rings is 1. The second-order valence-corrected chi connectivity index (χ2v) is 11.2. The molecule has 39 heavy (non-hydrogen) atoms. The second kappa shape index (κ2) is 12.3. The summed E-state index contributed by atoms with van der Waals surface area (Å²) in [6.45, 7) is 2.28. The summed E-state index contributed by atoms with van der Waals surface area (Å²) in [6, 6.07) is 21.8. The van der Waals surface area contributed by atoms with Crippen LogP contribution in [0.2, 0.25) is 0 Å². The van der Waals surface area contributed by atoms with E-state index in [4.69, 9.17) is 0 Å². The topological polar surface area (TPSA) is 104 Å². The fraction of sp³-hybridized carbons (Fsp3) is 0.276. The van der Waals surface area contributed by atoms with Crippen LogP contribution in [-0.4, -0.2) is 75.6 Å². The van der Waals surface area contributed by atoms with Crippen molar-refractivity contribution in [1.29, 1.82) is 0 Å². The number of amides is 1. The van der Waals surface area contributed by atoms with Crippen molar-refractivity contribution in [2.45, 2.75) is 17.7 Å². The van der Waals surface area contributed by atoms with Crippen molar-refractivity contribution in [3.63, 3.8) is 0 Å². The van der Waals surface area contributed by atoms with Gasteiger partial charge in [0.1, 0.15) is 0 Å². The van der Waals surface area contributed by atoms with Crippen molar-refractivity contribution in [3.8, 4) is 0 Å². The maximum atomic E-state index is 13.3. The normalized spacial score (nSPS) is 14.5. The zero-order valence-corrected chi connectivity index (χ0v) is 22.8. The van der Waals surface area contributed by atoms with Gasteiger partial charge in [0.2, 0.25) is 10.0 Å². The highest BCUT2D eigenvalue weighted by molar-refractivity contribution is 7.89. The fourth-order valence-electron chi connectivity index (χ4n) is 4.42. The Kier molecular flexibility index (Phi) is 8.90. The van der Waals surface area contributed by atoms with Crippen molar-refractivity contribution in [3.05, 3.63) is 90.0 Å². The number of hydrogen-bond donors (Lipinski definition) is 0. The summed E-state index contributed by atoms with van der Waals surface area (Å²) in [5.74, 6) is -2.19. The van der Waals surface area contributed by atoms with E-state index in [0.29, 0.717) is 38.3 Å². The minimum Gasteiger partial charge on any atom is -0.462 e. The Bertz CT molecular complexity index is 1430. The third kappa shape index (κ3) is 6.42. The summed E-state index contributed by atoms with van der Waals surface area (Å²) in [5.41, 5.74) is 1.79. The minimum absolute atomic E-state index is 0.122. The number of benzene rings is 3. The largest absolute Gasteiger partial charge is 0.462 e. The van der Waals surface area contributed by atoms with Gasteiger partial charge in [-0.2, -0.15) is 4.31 Å². The number of ketones is 1. The van der Waals surface area contributed by atoms with Gasteiger partial charge in [-0.3, -0.25) is 14.5 Å². The van der Waals surface area contributed by atoms with E-state index in [-0.39, 0.29) is 28.4 Å².